The van der Waals surface area contributed by atoms with E-state index in [0.717, 1.165) is 41.5 Å². The summed E-state index contributed by atoms with van der Waals surface area (Å²) in [6, 6.07) is 15.0. The molecule has 0 spiro atoms. The van der Waals surface area contributed by atoms with Crippen LogP contribution in [0, 0.1) is 11.8 Å². The molecule has 2 saturated carbocycles. The van der Waals surface area contributed by atoms with Crippen molar-refractivity contribution in [3.05, 3.63) is 74.9 Å². The molecule has 3 aromatic rings. The van der Waals surface area contributed by atoms with Crippen molar-refractivity contribution in [1.29, 1.82) is 0 Å². The van der Waals surface area contributed by atoms with Crippen LogP contribution in [0.5, 0.6) is 0 Å². The predicted octanol–water partition coefficient (Wildman–Crippen LogP) is 6.87. The van der Waals surface area contributed by atoms with Gasteiger partial charge in [-0.2, -0.15) is 5.10 Å². The highest BCUT2D eigenvalue weighted by molar-refractivity contribution is 6.35. The Morgan fingerprint density at radius 2 is 1.62 bits per heavy atom. The van der Waals surface area contributed by atoms with Crippen LogP contribution in [-0.2, 0) is 6.54 Å². The van der Waals surface area contributed by atoms with Crippen molar-refractivity contribution in [2.75, 3.05) is 0 Å². The van der Waals surface area contributed by atoms with Crippen molar-refractivity contribution >= 4 is 40.7 Å². The average molecular weight is 489 g/mol. The third kappa shape index (κ3) is 4.68. The Kier molecular flexibility index (Phi) is 6.20. The zero-order valence-corrected chi connectivity index (χ0v) is 19.8. The highest BCUT2D eigenvalue weighted by atomic mass is 35.5. The molecule has 0 radical (unpaired) electrons. The second-order valence-electron chi connectivity index (χ2n) is 9.00. The number of benzene rings is 2. The molecule has 2 atom stereocenters. The van der Waals surface area contributed by atoms with Gasteiger partial charge in [-0.1, -0.05) is 65.8 Å². The Morgan fingerprint density at radius 3 is 2.31 bits per heavy atom. The number of hydrogen-bond donors (Lipinski definition) is 1. The zero-order valence-electron chi connectivity index (χ0n) is 17.5. The van der Waals surface area contributed by atoms with Gasteiger partial charge in [-0.15, -0.1) is 0 Å². The molecule has 5 rings (SSSR count). The zero-order chi connectivity index (χ0) is 22.2. The standard InChI is InChI=1S/C25H24Cl3N3O/c26-19-6-3-17(4-7-19)24-13-23(25(32)29-21-10-15-1-2-16(9-15)11-21)30-31(24)14-18-5-8-20(27)12-22(18)28/h3-8,12-13,15-16,21H,1-2,9-11,14H2,(H,29,32). The largest absolute Gasteiger partial charge is 0.348 e. The van der Waals surface area contributed by atoms with Crippen molar-refractivity contribution < 1.29 is 4.79 Å². The summed E-state index contributed by atoms with van der Waals surface area (Å²) in [7, 11) is 0. The molecule has 166 valence electrons. The molecule has 2 aromatic carbocycles. The van der Waals surface area contributed by atoms with Crippen LogP contribution in [0.1, 0.15) is 48.2 Å². The van der Waals surface area contributed by atoms with Crippen molar-refractivity contribution in [3.63, 3.8) is 0 Å². The molecule has 2 aliphatic rings. The van der Waals surface area contributed by atoms with Gasteiger partial charge in [0, 0.05) is 21.1 Å². The molecule has 0 saturated heterocycles. The Morgan fingerprint density at radius 1 is 0.938 bits per heavy atom. The number of hydrogen-bond acceptors (Lipinski definition) is 2. The van der Waals surface area contributed by atoms with E-state index < -0.39 is 0 Å². The SMILES string of the molecule is O=C(NC1CC2CCC(C2)C1)c1cc(-c2ccc(Cl)cc2)n(Cc2ccc(Cl)cc2Cl)n1. The Hall–Kier alpha value is -2.01. The fraction of sp³-hybridized carbons (Fsp3) is 0.360. The lowest BCUT2D eigenvalue weighted by molar-refractivity contribution is 0.0912. The van der Waals surface area contributed by atoms with E-state index in [2.05, 4.69) is 10.4 Å². The first kappa shape index (κ1) is 21.8. The van der Waals surface area contributed by atoms with Crippen LogP contribution in [0.4, 0.5) is 0 Å². The summed E-state index contributed by atoms with van der Waals surface area (Å²) < 4.78 is 1.82. The van der Waals surface area contributed by atoms with Crippen LogP contribution in [0.25, 0.3) is 11.3 Å². The fourth-order valence-electron chi connectivity index (χ4n) is 5.20. The maximum absolute atomic E-state index is 13.1. The van der Waals surface area contributed by atoms with Gasteiger partial charge < -0.3 is 5.32 Å². The van der Waals surface area contributed by atoms with Crippen LogP contribution in [0.3, 0.4) is 0 Å². The lowest BCUT2D eigenvalue weighted by atomic mass is 9.85. The molecule has 2 aliphatic carbocycles. The molecular formula is C25H24Cl3N3O. The maximum atomic E-state index is 13.1. The van der Waals surface area contributed by atoms with Crippen molar-refractivity contribution in [2.24, 2.45) is 11.8 Å². The molecule has 0 aliphatic heterocycles. The second-order valence-corrected chi connectivity index (χ2v) is 10.3. The third-order valence-corrected chi connectivity index (χ3v) is 7.55. The summed E-state index contributed by atoms with van der Waals surface area (Å²) in [6.45, 7) is 0.425. The topological polar surface area (TPSA) is 46.9 Å². The van der Waals surface area contributed by atoms with Crippen molar-refractivity contribution in [2.45, 2.75) is 44.7 Å². The van der Waals surface area contributed by atoms with Crippen LogP contribution >= 0.6 is 34.8 Å². The number of amides is 1. The minimum atomic E-state index is -0.118. The number of halogens is 3. The first-order valence-corrected chi connectivity index (χ1v) is 12.2. The number of aromatic nitrogens is 2. The molecule has 1 N–H and O–H groups in total. The maximum Gasteiger partial charge on any atom is 0.272 e. The normalized spacial score (nSPS) is 22.2. The van der Waals surface area contributed by atoms with Crippen LogP contribution in [0.2, 0.25) is 15.1 Å². The van der Waals surface area contributed by atoms with E-state index in [0.29, 0.717) is 27.3 Å². The molecule has 1 aromatic heterocycles. The van der Waals surface area contributed by atoms with Gasteiger partial charge in [-0.3, -0.25) is 9.48 Å². The van der Waals surface area contributed by atoms with E-state index in [1.54, 1.807) is 12.1 Å². The third-order valence-electron chi connectivity index (χ3n) is 6.71. The molecule has 1 amide bonds. The van der Waals surface area contributed by atoms with E-state index >= 15 is 0 Å². The van der Waals surface area contributed by atoms with E-state index in [9.17, 15) is 4.79 Å². The number of nitrogens with zero attached hydrogens (tertiary/aromatic N) is 2. The number of nitrogens with one attached hydrogen (secondary N) is 1. The highest BCUT2D eigenvalue weighted by Crippen LogP contribution is 2.42. The van der Waals surface area contributed by atoms with Crippen LogP contribution < -0.4 is 5.32 Å². The van der Waals surface area contributed by atoms with E-state index in [4.69, 9.17) is 34.8 Å². The van der Waals surface area contributed by atoms with Crippen molar-refractivity contribution in [3.8, 4) is 11.3 Å². The molecule has 7 heteroatoms. The van der Waals surface area contributed by atoms with Gasteiger partial charge in [0.2, 0.25) is 0 Å². The summed E-state index contributed by atoms with van der Waals surface area (Å²) in [4.78, 5) is 13.1. The summed E-state index contributed by atoms with van der Waals surface area (Å²) in [6.07, 6.45) is 6.08. The van der Waals surface area contributed by atoms with E-state index in [1.807, 2.05) is 41.1 Å². The van der Waals surface area contributed by atoms with Gasteiger partial charge >= 0.3 is 0 Å². The second kappa shape index (κ2) is 9.09. The molecule has 2 bridgehead atoms. The number of carbonyl (C=O) groups excluding carboxylic acids is 1. The molecule has 4 nitrogen and oxygen atoms in total. The minimum absolute atomic E-state index is 0.118. The summed E-state index contributed by atoms with van der Waals surface area (Å²) in [5.74, 6) is 1.40. The average Bonchev–Trinajstić information content (AvgIpc) is 3.33. The van der Waals surface area contributed by atoms with Gasteiger partial charge in [0.25, 0.3) is 5.91 Å². The molecule has 1 heterocycles. The van der Waals surface area contributed by atoms with Gasteiger partial charge in [0.1, 0.15) is 0 Å². The van der Waals surface area contributed by atoms with Crippen molar-refractivity contribution in [1.82, 2.24) is 15.1 Å². The summed E-state index contributed by atoms with van der Waals surface area (Å²) in [5.41, 5.74) is 3.06. The molecular weight excluding hydrogens is 465 g/mol. The van der Waals surface area contributed by atoms with Gasteiger partial charge in [-0.25, -0.2) is 0 Å². The van der Waals surface area contributed by atoms with Gasteiger partial charge in [-0.05, 0) is 72.6 Å². The minimum Gasteiger partial charge on any atom is -0.348 e. The Balaban J connectivity index is 1.43. The molecule has 2 fully saturated rings. The summed E-state index contributed by atoms with van der Waals surface area (Å²) >= 11 is 18.5. The fourth-order valence-corrected chi connectivity index (χ4v) is 5.79. The van der Waals surface area contributed by atoms with Gasteiger partial charge in [0.15, 0.2) is 5.69 Å². The lowest BCUT2D eigenvalue weighted by Crippen LogP contribution is -2.39. The molecule has 2 unspecified atom stereocenters. The van der Waals surface area contributed by atoms with E-state index in [1.165, 1.54) is 19.3 Å². The lowest BCUT2D eigenvalue weighted by Gasteiger charge is -2.28. The van der Waals surface area contributed by atoms with Crippen LogP contribution in [0.15, 0.2) is 48.5 Å². The number of carbonyl (C=O) groups is 1. The molecule has 32 heavy (non-hydrogen) atoms. The highest BCUT2D eigenvalue weighted by Gasteiger charge is 2.35. The van der Waals surface area contributed by atoms with Crippen LogP contribution in [-0.4, -0.2) is 21.7 Å². The number of rotatable bonds is 5. The first-order chi connectivity index (χ1) is 15.4. The van der Waals surface area contributed by atoms with E-state index in [-0.39, 0.29) is 11.9 Å². The Bertz CT molecular complexity index is 1130. The monoisotopic (exact) mass is 487 g/mol. The quantitative estimate of drug-likeness (QED) is 0.426. The Labute approximate surface area is 202 Å². The van der Waals surface area contributed by atoms with Gasteiger partial charge in [0.05, 0.1) is 12.2 Å². The summed E-state index contributed by atoms with van der Waals surface area (Å²) in [5, 5.41) is 9.72. The first-order valence-electron chi connectivity index (χ1n) is 11.0. The predicted molar refractivity (Wildman–Crippen MR) is 130 cm³/mol. The smallest absolute Gasteiger partial charge is 0.272 e. The number of fused-ring (bicyclic) bond motifs is 2.